The van der Waals surface area contributed by atoms with E-state index in [-0.39, 0.29) is 23.5 Å². The van der Waals surface area contributed by atoms with Crippen LogP contribution in [0.15, 0.2) is 11.6 Å². The molecule has 0 aromatic carbocycles. The van der Waals surface area contributed by atoms with E-state index in [9.17, 15) is 4.79 Å². The summed E-state index contributed by atoms with van der Waals surface area (Å²) in [6, 6.07) is 0. The van der Waals surface area contributed by atoms with Crippen LogP contribution in [-0.4, -0.2) is 56.4 Å². The van der Waals surface area contributed by atoms with Gasteiger partial charge in [-0.3, -0.25) is 0 Å². The summed E-state index contributed by atoms with van der Waals surface area (Å²) in [6.45, 7) is 21.5. The lowest BCUT2D eigenvalue weighted by Crippen LogP contribution is -2.51. The Morgan fingerprint density at radius 2 is 1.72 bits per heavy atom. The van der Waals surface area contributed by atoms with Gasteiger partial charge in [0.1, 0.15) is 6.10 Å². The molecular formula is C40H74N4O2. The van der Waals surface area contributed by atoms with Gasteiger partial charge in [0.15, 0.2) is 0 Å². The number of unbranched alkanes of at least 4 members (excludes halogenated alkanes) is 1. The second-order valence-electron chi connectivity index (χ2n) is 17.6. The molecule has 4 aliphatic rings. The highest BCUT2D eigenvalue weighted by Crippen LogP contribution is 2.67. The van der Waals surface area contributed by atoms with Crippen molar-refractivity contribution in [1.29, 1.82) is 0 Å². The van der Waals surface area contributed by atoms with Gasteiger partial charge in [0.25, 0.3) is 0 Å². The van der Waals surface area contributed by atoms with Crippen LogP contribution in [0.1, 0.15) is 132 Å². The van der Waals surface area contributed by atoms with Crippen LogP contribution < -0.4 is 16.8 Å². The van der Waals surface area contributed by atoms with E-state index < -0.39 is 0 Å². The number of carbonyl (C=O) groups excluding carboxylic acids is 1. The van der Waals surface area contributed by atoms with Gasteiger partial charge in [0.05, 0.1) is 0 Å². The fourth-order valence-corrected chi connectivity index (χ4v) is 10.7. The van der Waals surface area contributed by atoms with E-state index in [0.29, 0.717) is 31.0 Å². The van der Waals surface area contributed by atoms with E-state index in [4.69, 9.17) is 16.2 Å². The minimum absolute atomic E-state index is 0.00474. The molecule has 4 rings (SSSR count). The molecule has 3 fully saturated rings. The number of ether oxygens (including phenoxy) is 1. The lowest BCUT2D eigenvalue weighted by molar-refractivity contribution is -0.0594. The molecule has 0 spiro atoms. The Balaban J connectivity index is 1.33. The first-order valence-electron chi connectivity index (χ1n) is 19.7. The highest BCUT2D eigenvalue weighted by molar-refractivity contribution is 5.68. The quantitative estimate of drug-likeness (QED) is 0.109. The number of carbonyl (C=O) groups is 1. The third-order valence-electron chi connectivity index (χ3n) is 13.6. The summed E-state index contributed by atoms with van der Waals surface area (Å²) in [5.74, 6) is 5.84. The third-order valence-corrected chi connectivity index (χ3v) is 13.6. The molecule has 10 atom stereocenters. The zero-order valence-electron chi connectivity index (χ0n) is 31.1. The van der Waals surface area contributed by atoms with Gasteiger partial charge < -0.3 is 26.4 Å². The van der Waals surface area contributed by atoms with Gasteiger partial charge in [-0.25, -0.2) is 4.79 Å². The van der Waals surface area contributed by atoms with Crippen LogP contribution in [0.3, 0.4) is 0 Å². The minimum atomic E-state index is -0.138. The fraction of sp³-hybridized carbons (Fsp3) is 0.925. The summed E-state index contributed by atoms with van der Waals surface area (Å²) in [6.07, 6.45) is 18.7. The summed E-state index contributed by atoms with van der Waals surface area (Å²) < 4.78 is 6.30. The summed E-state index contributed by atoms with van der Waals surface area (Å²) in [5.41, 5.74) is 14.1. The van der Waals surface area contributed by atoms with Gasteiger partial charge in [-0.2, -0.15) is 0 Å². The number of hydrogen-bond acceptors (Lipinski definition) is 5. The monoisotopic (exact) mass is 643 g/mol. The van der Waals surface area contributed by atoms with E-state index in [2.05, 4.69) is 59.9 Å². The number of nitrogens with two attached hydrogens (primary N) is 2. The molecule has 1 amide bonds. The highest BCUT2D eigenvalue weighted by Gasteiger charge is 2.59. The molecule has 4 aliphatic carbocycles. The second kappa shape index (κ2) is 17.0. The van der Waals surface area contributed by atoms with Crippen molar-refractivity contribution in [3.8, 4) is 0 Å². The number of rotatable bonds is 17. The first kappa shape index (κ1) is 37.7. The average Bonchev–Trinajstić information content (AvgIpc) is 3.39. The molecule has 266 valence electrons. The first-order valence-corrected chi connectivity index (χ1v) is 19.7. The summed E-state index contributed by atoms with van der Waals surface area (Å²) in [7, 11) is 0. The zero-order valence-corrected chi connectivity index (χ0v) is 31.1. The van der Waals surface area contributed by atoms with Gasteiger partial charge in [0, 0.05) is 19.5 Å². The molecule has 5 N–H and O–H groups in total. The normalized spacial score (nSPS) is 34.2. The molecule has 0 aliphatic heterocycles. The Labute approximate surface area is 284 Å². The van der Waals surface area contributed by atoms with Crippen molar-refractivity contribution in [3.05, 3.63) is 11.6 Å². The smallest absolute Gasteiger partial charge is 0.410 e. The van der Waals surface area contributed by atoms with Crippen molar-refractivity contribution < 1.29 is 9.53 Å². The van der Waals surface area contributed by atoms with Crippen molar-refractivity contribution in [2.45, 2.75) is 138 Å². The lowest BCUT2D eigenvalue weighted by atomic mass is 9.47. The molecule has 3 saturated carbocycles. The van der Waals surface area contributed by atoms with Crippen molar-refractivity contribution in [3.63, 3.8) is 0 Å². The minimum Gasteiger partial charge on any atom is -0.446 e. The number of allylic oxidation sites excluding steroid dienone is 1. The predicted octanol–water partition coefficient (Wildman–Crippen LogP) is 8.39. The van der Waals surface area contributed by atoms with Crippen LogP contribution in [0.25, 0.3) is 0 Å². The molecule has 6 heteroatoms. The topological polar surface area (TPSA) is 93.6 Å². The van der Waals surface area contributed by atoms with Gasteiger partial charge in [0.2, 0.25) is 0 Å². The molecule has 6 nitrogen and oxygen atoms in total. The number of nitrogens with one attached hydrogen (secondary N) is 1. The van der Waals surface area contributed by atoms with E-state index in [1.54, 1.807) is 5.57 Å². The summed E-state index contributed by atoms with van der Waals surface area (Å²) in [5, 5.41) is 3.50. The van der Waals surface area contributed by atoms with Crippen molar-refractivity contribution in [1.82, 2.24) is 10.2 Å². The molecule has 46 heavy (non-hydrogen) atoms. The van der Waals surface area contributed by atoms with Crippen molar-refractivity contribution >= 4 is 6.09 Å². The van der Waals surface area contributed by atoms with Gasteiger partial charge >= 0.3 is 6.09 Å². The van der Waals surface area contributed by atoms with Crippen molar-refractivity contribution in [2.24, 2.45) is 69.6 Å². The molecule has 0 saturated heterocycles. The van der Waals surface area contributed by atoms with Gasteiger partial charge in [-0.15, -0.1) is 0 Å². The maximum atomic E-state index is 13.5. The number of fused-ring (bicyclic) bond motifs is 5. The van der Waals surface area contributed by atoms with Crippen LogP contribution in [0.2, 0.25) is 0 Å². The van der Waals surface area contributed by atoms with E-state index in [1.807, 2.05) is 4.90 Å². The Kier molecular flexibility index (Phi) is 13.9. The molecule has 3 unspecified atom stereocenters. The summed E-state index contributed by atoms with van der Waals surface area (Å²) >= 11 is 0. The van der Waals surface area contributed by atoms with Crippen LogP contribution in [0.4, 0.5) is 4.79 Å². The number of amides is 1. The summed E-state index contributed by atoms with van der Waals surface area (Å²) in [4.78, 5) is 15.5. The Bertz CT molecular complexity index is 984. The SMILES string of the molecule is CC(C)CCC[C@@H](C)[C@H]1CC[C@H]2C3CC=C4C[C@@H](OC(=O)N(CCCCNCC(C)CN)CC(C)CN)CC[C@]4(C)[C@H]3CC[C@]12C. The molecular weight excluding hydrogens is 568 g/mol. The van der Waals surface area contributed by atoms with Crippen LogP contribution in [0.5, 0.6) is 0 Å². The number of nitrogens with zero attached hydrogens (tertiary/aromatic N) is 1. The molecule has 0 radical (unpaired) electrons. The largest absolute Gasteiger partial charge is 0.446 e. The molecule has 0 aromatic heterocycles. The van der Waals surface area contributed by atoms with Crippen LogP contribution in [0, 0.1) is 58.2 Å². The van der Waals surface area contributed by atoms with Crippen LogP contribution >= 0.6 is 0 Å². The Hall–Kier alpha value is -1.11. The maximum Gasteiger partial charge on any atom is 0.410 e. The molecule has 0 heterocycles. The van der Waals surface area contributed by atoms with Gasteiger partial charge in [-0.1, -0.05) is 79.4 Å². The first-order chi connectivity index (χ1) is 21.9. The predicted molar refractivity (Wildman–Crippen MR) is 193 cm³/mol. The molecule has 0 aromatic rings. The van der Waals surface area contributed by atoms with E-state index in [1.165, 1.54) is 51.4 Å². The fourth-order valence-electron chi connectivity index (χ4n) is 10.7. The lowest BCUT2D eigenvalue weighted by Gasteiger charge is -2.58. The maximum absolute atomic E-state index is 13.5. The molecule has 0 bridgehead atoms. The average molecular weight is 643 g/mol. The van der Waals surface area contributed by atoms with Gasteiger partial charge in [-0.05, 0) is 142 Å². The highest BCUT2D eigenvalue weighted by atomic mass is 16.6. The Morgan fingerprint density at radius 3 is 2.43 bits per heavy atom. The number of hydrogen-bond donors (Lipinski definition) is 3. The zero-order chi connectivity index (χ0) is 33.5. The van der Waals surface area contributed by atoms with E-state index >= 15 is 0 Å². The second-order valence-corrected chi connectivity index (χ2v) is 17.6. The Morgan fingerprint density at radius 1 is 0.957 bits per heavy atom. The third kappa shape index (κ3) is 8.91. The van der Waals surface area contributed by atoms with E-state index in [0.717, 1.165) is 87.2 Å². The van der Waals surface area contributed by atoms with Crippen molar-refractivity contribution in [2.75, 3.05) is 39.3 Å². The van der Waals surface area contributed by atoms with Crippen LogP contribution in [-0.2, 0) is 4.74 Å². The standard InChI is InChI=1S/C40H74N4O2/c1-28(2)11-10-12-31(5)35-15-16-36-34-14-13-32-23-33(17-19-39(32,6)37(34)18-20-40(35,36)7)46-38(45)44(27-30(4)25-42)22-9-8-21-43-26-29(3)24-41/h13,28-31,33-37,43H,8-12,14-27,41-42H2,1-7H3/t29?,30?,31-,33+,34?,35-,36+,37+,39+,40-/m1/s1.